The number of benzene rings is 1. The fourth-order valence-electron chi connectivity index (χ4n) is 3.07. The van der Waals surface area contributed by atoms with E-state index in [4.69, 9.17) is 4.74 Å². The van der Waals surface area contributed by atoms with E-state index in [-0.39, 0.29) is 30.8 Å². The molecule has 7 nitrogen and oxygen atoms in total. The van der Waals surface area contributed by atoms with E-state index in [1.54, 1.807) is 26.8 Å². The van der Waals surface area contributed by atoms with E-state index in [1.165, 1.54) is 30.0 Å². The Kier molecular flexibility index (Phi) is 6.69. The molecule has 9 heteroatoms. The smallest absolute Gasteiger partial charge is 0.408 e. The van der Waals surface area contributed by atoms with Crippen molar-refractivity contribution in [3.8, 4) is 0 Å². The van der Waals surface area contributed by atoms with Crippen molar-refractivity contribution in [2.45, 2.75) is 51.0 Å². The maximum Gasteiger partial charge on any atom is 0.408 e. The lowest BCUT2D eigenvalue weighted by Crippen LogP contribution is -2.48. The normalized spacial score (nSPS) is 20.8. The van der Waals surface area contributed by atoms with Crippen molar-refractivity contribution in [3.63, 3.8) is 0 Å². The van der Waals surface area contributed by atoms with Crippen LogP contribution in [0.1, 0.15) is 44.9 Å². The van der Waals surface area contributed by atoms with E-state index in [0.717, 1.165) is 0 Å². The van der Waals surface area contributed by atoms with E-state index < -0.39 is 44.5 Å². The number of sulfone groups is 1. The molecule has 1 aromatic carbocycles. The van der Waals surface area contributed by atoms with Crippen LogP contribution in [-0.2, 0) is 19.4 Å². The number of hydrogen-bond donors (Lipinski definition) is 1. The van der Waals surface area contributed by atoms with Crippen LogP contribution < -0.4 is 5.32 Å². The van der Waals surface area contributed by atoms with E-state index in [1.807, 2.05) is 0 Å². The van der Waals surface area contributed by atoms with Gasteiger partial charge < -0.3 is 15.0 Å². The van der Waals surface area contributed by atoms with Gasteiger partial charge in [0.15, 0.2) is 9.84 Å². The zero-order valence-electron chi connectivity index (χ0n) is 16.6. The fourth-order valence-corrected chi connectivity index (χ4v) is 4.87. The van der Waals surface area contributed by atoms with Crippen LogP contribution in [0.5, 0.6) is 0 Å². The third-order valence-corrected chi connectivity index (χ3v) is 6.52. The van der Waals surface area contributed by atoms with E-state index in [0.29, 0.717) is 0 Å². The van der Waals surface area contributed by atoms with Crippen molar-refractivity contribution in [1.29, 1.82) is 0 Å². The number of hydrogen-bond acceptors (Lipinski definition) is 5. The first-order chi connectivity index (χ1) is 12.9. The van der Waals surface area contributed by atoms with Gasteiger partial charge in [-0.05, 0) is 40.2 Å². The first-order valence-corrected chi connectivity index (χ1v) is 10.9. The van der Waals surface area contributed by atoms with Crippen molar-refractivity contribution >= 4 is 21.8 Å². The van der Waals surface area contributed by atoms with Crippen LogP contribution in [0.25, 0.3) is 0 Å². The minimum atomic E-state index is -3.62. The number of carbonyl (C=O) groups is 2. The number of carbonyl (C=O) groups excluding carboxylic acids is 2. The highest BCUT2D eigenvalue weighted by atomic mass is 32.2. The Morgan fingerprint density at radius 2 is 1.89 bits per heavy atom. The summed E-state index contributed by atoms with van der Waals surface area (Å²) in [6.07, 6.45) is -0.631. The first-order valence-electron chi connectivity index (χ1n) is 9.15. The summed E-state index contributed by atoms with van der Waals surface area (Å²) < 4.78 is 44.5. The average molecular weight is 414 g/mol. The Morgan fingerprint density at radius 1 is 1.25 bits per heavy atom. The molecule has 1 saturated heterocycles. The summed E-state index contributed by atoms with van der Waals surface area (Å²) in [5, 5.41) is 1.47. The Hall–Kier alpha value is -2.16. The van der Waals surface area contributed by atoms with Gasteiger partial charge in [0.1, 0.15) is 17.5 Å². The van der Waals surface area contributed by atoms with Crippen molar-refractivity contribution in [2.75, 3.05) is 18.8 Å². The lowest BCUT2D eigenvalue weighted by molar-refractivity contribution is -0.132. The molecule has 1 fully saturated rings. The lowest BCUT2D eigenvalue weighted by atomic mass is 10.1. The number of halogens is 1. The van der Waals surface area contributed by atoms with E-state index in [9.17, 15) is 22.4 Å². The van der Waals surface area contributed by atoms with Gasteiger partial charge in [0, 0.05) is 18.7 Å². The zero-order valence-corrected chi connectivity index (χ0v) is 17.4. The number of ether oxygens (including phenoxy) is 1. The van der Waals surface area contributed by atoms with Gasteiger partial charge in [-0.25, -0.2) is 17.6 Å². The fraction of sp³-hybridized carbons (Fsp3) is 0.579. The number of nitrogens with zero attached hydrogens (tertiary/aromatic N) is 1. The molecule has 2 atom stereocenters. The van der Waals surface area contributed by atoms with Crippen LogP contribution in [0.2, 0.25) is 0 Å². The summed E-state index contributed by atoms with van der Waals surface area (Å²) in [6, 6.07) is 4.91. The molecular formula is C19H27FN2O5S. The second kappa shape index (κ2) is 8.46. The van der Waals surface area contributed by atoms with Gasteiger partial charge in [0.05, 0.1) is 11.0 Å². The summed E-state index contributed by atoms with van der Waals surface area (Å²) in [7, 11) is -3.62. The Bertz CT molecular complexity index is 835. The van der Waals surface area contributed by atoms with Crippen molar-refractivity contribution in [1.82, 2.24) is 10.2 Å². The zero-order chi connectivity index (χ0) is 21.1. The molecule has 0 aliphatic carbocycles. The second-order valence-electron chi connectivity index (χ2n) is 7.86. The van der Waals surface area contributed by atoms with Crippen molar-refractivity contribution < 1.29 is 27.1 Å². The SMILES string of the molecule is CC(NC(=O)OC(C)(C)C)C(=O)N1CCC(c2ccccc2F)S(=O)(=O)CC1. The highest BCUT2D eigenvalue weighted by Gasteiger charge is 2.35. The molecule has 1 aliphatic rings. The molecule has 1 heterocycles. The molecule has 28 heavy (non-hydrogen) atoms. The van der Waals surface area contributed by atoms with Crippen molar-refractivity contribution in [3.05, 3.63) is 35.6 Å². The number of alkyl carbamates (subject to hydrolysis) is 1. The van der Waals surface area contributed by atoms with Crippen LogP contribution in [0.4, 0.5) is 9.18 Å². The summed E-state index contributed by atoms with van der Waals surface area (Å²) >= 11 is 0. The lowest BCUT2D eigenvalue weighted by Gasteiger charge is -2.26. The highest BCUT2D eigenvalue weighted by molar-refractivity contribution is 7.91. The van der Waals surface area contributed by atoms with Gasteiger partial charge in [-0.2, -0.15) is 0 Å². The molecule has 0 spiro atoms. The molecule has 156 valence electrons. The molecule has 2 rings (SSSR count). The van der Waals surface area contributed by atoms with Gasteiger partial charge in [0.2, 0.25) is 5.91 Å². The molecular weight excluding hydrogens is 387 g/mol. The van der Waals surface area contributed by atoms with Gasteiger partial charge in [-0.15, -0.1) is 0 Å². The maximum atomic E-state index is 14.1. The molecule has 0 saturated carbocycles. The standard InChI is InChI=1S/C19H27FN2O5S/c1-13(21-18(24)27-19(2,3)4)17(23)22-10-9-16(28(25,26)12-11-22)14-7-5-6-8-15(14)20/h5-8,13,16H,9-12H2,1-4H3,(H,21,24). The van der Waals surface area contributed by atoms with Crippen LogP contribution >= 0.6 is 0 Å². The van der Waals surface area contributed by atoms with Crippen LogP contribution in [0.15, 0.2) is 24.3 Å². The van der Waals surface area contributed by atoms with E-state index >= 15 is 0 Å². The highest BCUT2D eigenvalue weighted by Crippen LogP contribution is 2.31. The largest absolute Gasteiger partial charge is 0.444 e. The number of rotatable bonds is 3. The molecule has 2 amide bonds. The third-order valence-electron chi connectivity index (χ3n) is 4.41. The van der Waals surface area contributed by atoms with E-state index in [2.05, 4.69) is 5.32 Å². The predicted molar refractivity (Wildman–Crippen MR) is 103 cm³/mol. The van der Waals surface area contributed by atoms with Crippen molar-refractivity contribution in [2.24, 2.45) is 0 Å². The number of nitrogens with one attached hydrogen (secondary N) is 1. The van der Waals surface area contributed by atoms with Gasteiger partial charge >= 0.3 is 6.09 Å². The van der Waals surface area contributed by atoms with Crippen LogP contribution in [0.3, 0.4) is 0 Å². The molecule has 1 aliphatic heterocycles. The Labute approximate surface area is 165 Å². The topological polar surface area (TPSA) is 92.8 Å². The minimum absolute atomic E-state index is 0.00748. The summed E-state index contributed by atoms with van der Waals surface area (Å²) in [6.45, 7) is 6.79. The average Bonchev–Trinajstić information content (AvgIpc) is 2.71. The Balaban J connectivity index is 2.08. The summed E-state index contributed by atoms with van der Waals surface area (Å²) in [5.41, 5.74) is -0.576. The molecule has 2 unspecified atom stereocenters. The first kappa shape index (κ1) is 22.1. The molecule has 0 aromatic heterocycles. The van der Waals surface area contributed by atoms with Gasteiger partial charge in [0.25, 0.3) is 0 Å². The maximum absolute atomic E-state index is 14.1. The summed E-state index contributed by atoms with van der Waals surface area (Å²) in [5.74, 6) is -1.25. The van der Waals surface area contributed by atoms with Crippen LogP contribution in [0, 0.1) is 5.82 Å². The predicted octanol–water partition coefficient (Wildman–Crippen LogP) is 2.43. The monoisotopic (exact) mass is 414 g/mol. The van der Waals surface area contributed by atoms with Gasteiger partial charge in [-0.3, -0.25) is 4.79 Å². The van der Waals surface area contributed by atoms with Gasteiger partial charge in [-0.1, -0.05) is 18.2 Å². The van der Waals surface area contributed by atoms with Crippen LogP contribution in [-0.4, -0.2) is 55.8 Å². The quantitative estimate of drug-likeness (QED) is 0.820. The second-order valence-corrected chi connectivity index (χ2v) is 10.2. The summed E-state index contributed by atoms with van der Waals surface area (Å²) in [4.78, 5) is 25.9. The number of amides is 2. The minimum Gasteiger partial charge on any atom is -0.444 e. The molecule has 0 radical (unpaired) electrons. The Morgan fingerprint density at radius 3 is 2.50 bits per heavy atom. The third kappa shape index (κ3) is 5.67. The molecule has 0 bridgehead atoms. The molecule has 1 aromatic rings. The molecule has 1 N–H and O–H groups in total.